The molecule has 0 amide bonds. The van der Waals surface area contributed by atoms with Crippen LogP contribution in [0.25, 0.3) is 0 Å². The lowest BCUT2D eigenvalue weighted by molar-refractivity contribution is 0.380. The van der Waals surface area contributed by atoms with E-state index in [1.807, 2.05) is 0 Å². The summed E-state index contributed by atoms with van der Waals surface area (Å²) >= 11 is 0. The molecule has 19 heavy (non-hydrogen) atoms. The first-order valence-corrected chi connectivity index (χ1v) is 6.67. The predicted octanol–water partition coefficient (Wildman–Crippen LogP) is 2.49. The van der Waals surface area contributed by atoms with Gasteiger partial charge in [0.25, 0.3) is 0 Å². The highest BCUT2D eigenvalue weighted by molar-refractivity contribution is 14.0. The Morgan fingerprint density at radius 2 is 1.95 bits per heavy atom. The van der Waals surface area contributed by atoms with Gasteiger partial charge in [-0.1, -0.05) is 25.9 Å². The summed E-state index contributed by atoms with van der Waals surface area (Å²) in [6.45, 7) is 7.92. The third-order valence-corrected chi connectivity index (χ3v) is 2.81. The summed E-state index contributed by atoms with van der Waals surface area (Å²) in [6, 6.07) is 0. The molecule has 0 fully saturated rings. The van der Waals surface area contributed by atoms with E-state index in [4.69, 9.17) is 4.52 Å². The first-order chi connectivity index (χ1) is 8.76. The van der Waals surface area contributed by atoms with Gasteiger partial charge in [0.05, 0.1) is 5.69 Å². The molecule has 5 nitrogen and oxygen atoms in total. The van der Waals surface area contributed by atoms with Crippen LogP contribution in [-0.2, 0) is 19.4 Å². The highest BCUT2D eigenvalue weighted by atomic mass is 127. The number of hydrogen-bond acceptors (Lipinski definition) is 3. The Hall–Kier alpha value is -0.790. The maximum atomic E-state index is 5.33. The molecule has 1 heterocycles. The molecule has 0 unspecified atom stereocenters. The molecule has 0 atom stereocenters. The Bertz CT molecular complexity index is 368. The Morgan fingerprint density at radius 3 is 2.47 bits per heavy atom. The number of aromatic nitrogens is 1. The Morgan fingerprint density at radius 1 is 1.21 bits per heavy atom. The topological polar surface area (TPSA) is 62.5 Å². The quantitative estimate of drug-likeness (QED) is 0.452. The van der Waals surface area contributed by atoms with Crippen LogP contribution in [0.3, 0.4) is 0 Å². The number of nitrogens with one attached hydrogen (secondary N) is 2. The molecule has 0 saturated carbocycles. The molecule has 0 radical (unpaired) electrons. The molecular weight excluding hydrogens is 355 g/mol. The standard InChI is InChI=1S/C13H24N4O.HI/c1-5-8-15-13(14-4)16-9-10-11(6-2)17-18-12(10)7-3;/h5-9H2,1-4H3,(H2,14,15,16);1H. The summed E-state index contributed by atoms with van der Waals surface area (Å²) in [6.07, 6.45) is 2.83. The third kappa shape index (κ3) is 5.38. The van der Waals surface area contributed by atoms with Crippen LogP contribution < -0.4 is 10.6 Å². The van der Waals surface area contributed by atoms with E-state index in [1.54, 1.807) is 7.05 Å². The Kier molecular flexibility index (Phi) is 9.63. The monoisotopic (exact) mass is 380 g/mol. The maximum Gasteiger partial charge on any atom is 0.191 e. The van der Waals surface area contributed by atoms with E-state index in [9.17, 15) is 0 Å². The van der Waals surface area contributed by atoms with Gasteiger partial charge in [-0.25, -0.2) is 0 Å². The second-order valence-corrected chi connectivity index (χ2v) is 4.09. The van der Waals surface area contributed by atoms with Crippen LogP contribution in [0.1, 0.15) is 44.2 Å². The zero-order valence-corrected chi connectivity index (χ0v) is 14.6. The van der Waals surface area contributed by atoms with Crippen molar-refractivity contribution in [3.8, 4) is 0 Å². The molecule has 0 aliphatic rings. The predicted molar refractivity (Wildman–Crippen MR) is 89.2 cm³/mol. The van der Waals surface area contributed by atoms with Gasteiger partial charge in [-0.2, -0.15) is 0 Å². The third-order valence-electron chi connectivity index (χ3n) is 2.81. The van der Waals surface area contributed by atoms with Crippen molar-refractivity contribution in [1.82, 2.24) is 15.8 Å². The first kappa shape index (κ1) is 18.2. The molecule has 1 aromatic rings. The number of aliphatic imine (C=N–C) groups is 1. The average molecular weight is 380 g/mol. The average Bonchev–Trinajstić information content (AvgIpc) is 2.81. The van der Waals surface area contributed by atoms with Crippen molar-refractivity contribution in [2.75, 3.05) is 13.6 Å². The fourth-order valence-electron chi connectivity index (χ4n) is 1.77. The number of halogens is 1. The first-order valence-electron chi connectivity index (χ1n) is 6.67. The molecule has 0 aliphatic carbocycles. The van der Waals surface area contributed by atoms with Crippen LogP contribution in [0.5, 0.6) is 0 Å². The van der Waals surface area contributed by atoms with Crippen molar-refractivity contribution in [3.05, 3.63) is 17.0 Å². The van der Waals surface area contributed by atoms with Gasteiger partial charge in [0.2, 0.25) is 0 Å². The number of nitrogens with zero attached hydrogens (tertiary/aromatic N) is 2. The summed E-state index contributed by atoms with van der Waals surface area (Å²) in [5.74, 6) is 1.78. The minimum atomic E-state index is 0. The summed E-state index contributed by atoms with van der Waals surface area (Å²) in [7, 11) is 1.78. The van der Waals surface area contributed by atoms with Gasteiger partial charge in [-0.15, -0.1) is 24.0 Å². The lowest BCUT2D eigenvalue weighted by atomic mass is 10.1. The van der Waals surface area contributed by atoms with Crippen LogP contribution in [-0.4, -0.2) is 24.7 Å². The van der Waals surface area contributed by atoms with Crippen LogP contribution in [0, 0.1) is 0 Å². The van der Waals surface area contributed by atoms with Crippen LogP contribution >= 0.6 is 24.0 Å². The Balaban J connectivity index is 0.00000324. The Labute approximate surface area is 132 Å². The van der Waals surface area contributed by atoms with Crippen molar-refractivity contribution in [3.63, 3.8) is 0 Å². The highest BCUT2D eigenvalue weighted by Gasteiger charge is 2.13. The zero-order chi connectivity index (χ0) is 13.4. The van der Waals surface area contributed by atoms with E-state index >= 15 is 0 Å². The summed E-state index contributed by atoms with van der Waals surface area (Å²) in [5, 5.41) is 10.6. The van der Waals surface area contributed by atoms with Crippen LogP contribution in [0.15, 0.2) is 9.52 Å². The number of aryl methyl sites for hydroxylation is 2. The number of rotatable bonds is 6. The zero-order valence-electron chi connectivity index (χ0n) is 12.2. The number of hydrogen-bond donors (Lipinski definition) is 2. The fourth-order valence-corrected chi connectivity index (χ4v) is 1.77. The summed E-state index contributed by atoms with van der Waals surface area (Å²) in [4.78, 5) is 4.18. The normalized spacial score (nSPS) is 11.1. The van der Waals surface area contributed by atoms with Crippen molar-refractivity contribution < 1.29 is 4.52 Å². The van der Waals surface area contributed by atoms with Crippen LogP contribution in [0.2, 0.25) is 0 Å². The minimum Gasteiger partial charge on any atom is -0.361 e. The molecule has 1 aromatic heterocycles. The molecule has 6 heteroatoms. The fraction of sp³-hybridized carbons (Fsp3) is 0.692. The van der Waals surface area contributed by atoms with Crippen molar-refractivity contribution in [2.24, 2.45) is 4.99 Å². The van der Waals surface area contributed by atoms with Gasteiger partial charge < -0.3 is 15.2 Å². The largest absolute Gasteiger partial charge is 0.361 e. The highest BCUT2D eigenvalue weighted by Crippen LogP contribution is 2.15. The van der Waals surface area contributed by atoms with E-state index in [0.29, 0.717) is 6.54 Å². The van der Waals surface area contributed by atoms with E-state index in [2.05, 4.69) is 41.6 Å². The van der Waals surface area contributed by atoms with Gasteiger partial charge in [-0.3, -0.25) is 4.99 Å². The van der Waals surface area contributed by atoms with Gasteiger partial charge in [0.1, 0.15) is 5.76 Å². The van der Waals surface area contributed by atoms with Crippen molar-refractivity contribution >= 4 is 29.9 Å². The molecule has 0 aliphatic heterocycles. The van der Waals surface area contributed by atoms with E-state index in [1.165, 1.54) is 5.56 Å². The maximum absolute atomic E-state index is 5.33. The second kappa shape index (κ2) is 10.1. The summed E-state index contributed by atoms with van der Waals surface area (Å²) < 4.78 is 5.33. The van der Waals surface area contributed by atoms with Crippen molar-refractivity contribution in [2.45, 2.75) is 46.6 Å². The summed E-state index contributed by atoms with van der Waals surface area (Å²) in [5.41, 5.74) is 2.20. The van der Waals surface area contributed by atoms with E-state index in [0.717, 1.165) is 43.2 Å². The lowest BCUT2D eigenvalue weighted by Gasteiger charge is -2.11. The molecule has 0 saturated heterocycles. The van der Waals surface area contributed by atoms with Crippen molar-refractivity contribution in [1.29, 1.82) is 0 Å². The molecule has 2 N–H and O–H groups in total. The van der Waals surface area contributed by atoms with Gasteiger partial charge >= 0.3 is 0 Å². The number of guanidine groups is 1. The molecule has 0 bridgehead atoms. The molecule has 1 rings (SSSR count). The van der Waals surface area contributed by atoms with E-state index in [-0.39, 0.29) is 24.0 Å². The van der Waals surface area contributed by atoms with Gasteiger partial charge in [0.15, 0.2) is 5.96 Å². The van der Waals surface area contributed by atoms with Crippen LogP contribution in [0.4, 0.5) is 0 Å². The molecular formula is C13H25IN4O. The van der Waals surface area contributed by atoms with E-state index < -0.39 is 0 Å². The molecule has 110 valence electrons. The second-order valence-electron chi connectivity index (χ2n) is 4.09. The minimum absolute atomic E-state index is 0. The van der Waals surface area contributed by atoms with Gasteiger partial charge in [-0.05, 0) is 12.8 Å². The SMILES string of the molecule is CCCNC(=NC)NCc1c(CC)noc1CC.I. The lowest BCUT2D eigenvalue weighted by Crippen LogP contribution is -2.37. The molecule has 0 aromatic carbocycles. The molecule has 0 spiro atoms. The van der Waals surface area contributed by atoms with Gasteiger partial charge in [0, 0.05) is 32.1 Å². The smallest absolute Gasteiger partial charge is 0.191 e.